The molecule has 0 aromatic rings. The number of ether oxygens (including phenoxy) is 1. The van der Waals surface area contributed by atoms with Crippen molar-refractivity contribution in [1.29, 1.82) is 0 Å². The van der Waals surface area contributed by atoms with Crippen LogP contribution in [0.3, 0.4) is 0 Å². The molecule has 1 heterocycles. The number of rotatable bonds is 4. The second-order valence-corrected chi connectivity index (χ2v) is 4.10. The zero-order valence-corrected chi connectivity index (χ0v) is 10.7. The van der Waals surface area contributed by atoms with Gasteiger partial charge in [-0.2, -0.15) is 0 Å². The third-order valence-corrected chi connectivity index (χ3v) is 2.76. The summed E-state index contributed by atoms with van der Waals surface area (Å²) >= 11 is 0. The van der Waals surface area contributed by atoms with Gasteiger partial charge < -0.3 is 15.4 Å². The molecule has 0 aromatic heterocycles. The monoisotopic (exact) mass is 257 g/mol. The second-order valence-electron chi connectivity index (χ2n) is 4.10. The second kappa shape index (κ2) is 6.83. The van der Waals surface area contributed by atoms with Gasteiger partial charge in [-0.15, -0.1) is 0 Å². The van der Waals surface area contributed by atoms with E-state index in [-0.39, 0.29) is 11.8 Å². The Hall–Kier alpha value is -1.79. The summed E-state index contributed by atoms with van der Waals surface area (Å²) in [5.41, 5.74) is 0. The van der Waals surface area contributed by atoms with Gasteiger partial charge in [0.2, 0.25) is 11.8 Å². The maximum Gasteiger partial charge on any atom is 0.410 e. The highest BCUT2D eigenvalue weighted by atomic mass is 16.5. The van der Waals surface area contributed by atoms with Crippen LogP contribution in [-0.4, -0.2) is 55.6 Å². The molecule has 1 fully saturated rings. The number of likely N-dealkylation sites (tertiary alicyclic amines) is 1. The molecule has 18 heavy (non-hydrogen) atoms. The summed E-state index contributed by atoms with van der Waals surface area (Å²) < 4.78 is 4.62. The van der Waals surface area contributed by atoms with Gasteiger partial charge in [0.05, 0.1) is 7.11 Å². The average Bonchev–Trinajstić information content (AvgIpc) is 2.82. The number of hydrogen-bond donors (Lipinski definition) is 2. The van der Waals surface area contributed by atoms with Crippen LogP contribution in [0.1, 0.15) is 19.8 Å². The van der Waals surface area contributed by atoms with Crippen molar-refractivity contribution in [1.82, 2.24) is 15.5 Å². The summed E-state index contributed by atoms with van der Waals surface area (Å²) in [5, 5.41) is 5.26. The molecule has 3 amide bonds. The van der Waals surface area contributed by atoms with Crippen molar-refractivity contribution in [2.45, 2.75) is 25.8 Å². The van der Waals surface area contributed by atoms with Gasteiger partial charge in [-0.05, 0) is 12.8 Å². The average molecular weight is 257 g/mol. The Balaban J connectivity index is 2.36. The zero-order chi connectivity index (χ0) is 13.5. The number of methoxy groups -OCH3 is 1. The number of carbonyl (C=O) groups is 3. The fourth-order valence-corrected chi connectivity index (χ4v) is 1.92. The summed E-state index contributed by atoms with van der Waals surface area (Å²) in [4.78, 5) is 35.3. The Morgan fingerprint density at radius 2 is 1.94 bits per heavy atom. The highest BCUT2D eigenvalue weighted by Gasteiger charge is 2.34. The fraction of sp³-hybridized carbons (Fsp3) is 0.727. The lowest BCUT2D eigenvalue weighted by atomic mass is 10.2. The van der Waals surface area contributed by atoms with E-state index in [0.717, 1.165) is 6.42 Å². The first kappa shape index (κ1) is 14.3. The third-order valence-electron chi connectivity index (χ3n) is 2.76. The van der Waals surface area contributed by atoms with E-state index >= 15 is 0 Å². The summed E-state index contributed by atoms with van der Waals surface area (Å²) in [6.07, 6.45) is 0.953. The quantitative estimate of drug-likeness (QED) is 0.663. The number of hydrogen-bond acceptors (Lipinski definition) is 4. The molecule has 1 unspecified atom stereocenters. The minimum absolute atomic E-state index is 0.138. The molecule has 0 saturated carbocycles. The first-order chi connectivity index (χ1) is 8.56. The van der Waals surface area contributed by atoms with E-state index in [1.54, 1.807) is 0 Å². The molecule has 0 aromatic carbocycles. The van der Waals surface area contributed by atoms with E-state index < -0.39 is 12.1 Å². The molecule has 1 rings (SSSR count). The highest BCUT2D eigenvalue weighted by Crippen LogP contribution is 2.17. The van der Waals surface area contributed by atoms with Crippen molar-refractivity contribution >= 4 is 17.9 Å². The molecule has 7 nitrogen and oxygen atoms in total. The maximum atomic E-state index is 11.8. The molecule has 0 radical (unpaired) electrons. The van der Waals surface area contributed by atoms with Crippen molar-refractivity contribution in [2.24, 2.45) is 0 Å². The first-order valence-corrected chi connectivity index (χ1v) is 5.93. The first-order valence-electron chi connectivity index (χ1n) is 5.93. The number of amides is 3. The predicted octanol–water partition coefficient (Wildman–Crippen LogP) is -0.530. The van der Waals surface area contributed by atoms with Crippen LogP contribution in [0.25, 0.3) is 0 Å². The van der Waals surface area contributed by atoms with Gasteiger partial charge in [-0.1, -0.05) is 0 Å². The molecule has 2 N–H and O–H groups in total. The van der Waals surface area contributed by atoms with Gasteiger partial charge in [0.1, 0.15) is 6.04 Å². The fourth-order valence-electron chi connectivity index (χ4n) is 1.92. The summed E-state index contributed by atoms with van der Waals surface area (Å²) in [5.74, 6) is -0.343. The van der Waals surface area contributed by atoms with E-state index in [0.29, 0.717) is 26.1 Å². The summed E-state index contributed by atoms with van der Waals surface area (Å²) in [6, 6.07) is -0.463. The van der Waals surface area contributed by atoms with E-state index in [1.165, 1.54) is 18.9 Å². The molecule has 0 aliphatic carbocycles. The van der Waals surface area contributed by atoms with Gasteiger partial charge in [0, 0.05) is 26.6 Å². The smallest absolute Gasteiger partial charge is 0.410 e. The van der Waals surface area contributed by atoms with Crippen LogP contribution in [0.5, 0.6) is 0 Å². The van der Waals surface area contributed by atoms with Gasteiger partial charge >= 0.3 is 6.09 Å². The molecule has 0 spiro atoms. The van der Waals surface area contributed by atoms with Gasteiger partial charge in [0.15, 0.2) is 0 Å². The van der Waals surface area contributed by atoms with Crippen molar-refractivity contribution in [3.63, 3.8) is 0 Å². The Morgan fingerprint density at radius 1 is 1.28 bits per heavy atom. The van der Waals surface area contributed by atoms with E-state index in [2.05, 4.69) is 15.4 Å². The van der Waals surface area contributed by atoms with Crippen LogP contribution in [0, 0.1) is 0 Å². The highest BCUT2D eigenvalue weighted by molar-refractivity contribution is 5.86. The minimum Gasteiger partial charge on any atom is -0.453 e. The molecule has 7 heteroatoms. The van der Waals surface area contributed by atoms with Crippen LogP contribution in [-0.2, 0) is 14.3 Å². The van der Waals surface area contributed by atoms with Gasteiger partial charge in [-0.25, -0.2) is 4.79 Å². The van der Waals surface area contributed by atoms with Crippen molar-refractivity contribution in [2.75, 3.05) is 26.7 Å². The van der Waals surface area contributed by atoms with Crippen LogP contribution in [0.2, 0.25) is 0 Å². The number of nitrogens with one attached hydrogen (secondary N) is 2. The van der Waals surface area contributed by atoms with Crippen molar-refractivity contribution in [3.8, 4) is 0 Å². The maximum absolute atomic E-state index is 11.8. The summed E-state index contributed by atoms with van der Waals surface area (Å²) in [6.45, 7) is 2.68. The van der Waals surface area contributed by atoms with Crippen molar-refractivity contribution in [3.05, 3.63) is 0 Å². The minimum atomic E-state index is -0.477. The third kappa shape index (κ3) is 3.90. The van der Waals surface area contributed by atoms with Crippen LogP contribution >= 0.6 is 0 Å². The Kier molecular flexibility index (Phi) is 5.41. The molecular weight excluding hydrogens is 238 g/mol. The predicted molar refractivity (Wildman–Crippen MR) is 63.8 cm³/mol. The van der Waals surface area contributed by atoms with Crippen LogP contribution in [0.15, 0.2) is 0 Å². The number of carbonyl (C=O) groups excluding carboxylic acids is 3. The van der Waals surface area contributed by atoms with E-state index in [4.69, 9.17) is 0 Å². The Bertz CT molecular complexity index is 332. The summed E-state index contributed by atoms with van der Waals surface area (Å²) in [7, 11) is 1.30. The van der Waals surface area contributed by atoms with Crippen LogP contribution in [0.4, 0.5) is 4.79 Å². The van der Waals surface area contributed by atoms with E-state index in [9.17, 15) is 14.4 Å². The Morgan fingerprint density at radius 3 is 2.56 bits per heavy atom. The van der Waals surface area contributed by atoms with Crippen LogP contribution < -0.4 is 10.6 Å². The molecule has 102 valence electrons. The number of nitrogens with zero attached hydrogens (tertiary/aromatic N) is 1. The zero-order valence-electron chi connectivity index (χ0n) is 10.7. The topological polar surface area (TPSA) is 87.7 Å². The molecular formula is C11H19N3O4. The lowest BCUT2D eigenvalue weighted by Gasteiger charge is -2.22. The lowest BCUT2D eigenvalue weighted by molar-refractivity contribution is -0.125. The molecule has 1 aliphatic rings. The van der Waals surface area contributed by atoms with Gasteiger partial charge in [0.25, 0.3) is 0 Å². The molecule has 0 bridgehead atoms. The molecule has 1 atom stereocenters. The molecule has 1 aliphatic heterocycles. The van der Waals surface area contributed by atoms with E-state index in [1.807, 2.05) is 0 Å². The lowest BCUT2D eigenvalue weighted by Crippen LogP contribution is -2.47. The normalized spacial score (nSPS) is 18.3. The SMILES string of the molecule is COC(=O)N1CCCC1C(=O)NCCNC(C)=O. The Labute approximate surface area is 106 Å². The van der Waals surface area contributed by atoms with Gasteiger partial charge in [-0.3, -0.25) is 14.5 Å². The largest absolute Gasteiger partial charge is 0.453 e. The van der Waals surface area contributed by atoms with Crippen molar-refractivity contribution < 1.29 is 19.1 Å². The molecule has 1 saturated heterocycles. The standard InChI is InChI=1S/C11H19N3O4/c1-8(15)12-5-6-13-10(16)9-4-3-7-14(9)11(17)18-2/h9H,3-7H2,1-2H3,(H,12,15)(H,13,16).